The van der Waals surface area contributed by atoms with Gasteiger partial charge in [0.1, 0.15) is 0 Å². The van der Waals surface area contributed by atoms with Gasteiger partial charge in [-0.25, -0.2) is 0 Å². The van der Waals surface area contributed by atoms with Crippen LogP contribution in [0.15, 0.2) is 29.3 Å². The molecular weight excluding hydrogens is 268 g/mol. The first-order valence-corrected chi connectivity index (χ1v) is 9.16. The summed E-state index contributed by atoms with van der Waals surface area (Å²) in [7, 11) is 0. The van der Waals surface area contributed by atoms with Crippen LogP contribution >= 0.6 is 0 Å². The highest BCUT2D eigenvalue weighted by molar-refractivity contribution is 6.01. The molecule has 1 nitrogen and oxygen atoms in total. The minimum atomic E-state index is 0.285. The third-order valence-corrected chi connectivity index (χ3v) is 7.82. The number of allylic oxidation sites excluding steroid dienone is 2. The Morgan fingerprint density at radius 1 is 1.05 bits per heavy atom. The molecule has 22 heavy (non-hydrogen) atoms. The Balaban J connectivity index is 1.69. The predicted molar refractivity (Wildman–Crippen MR) is 86.0 cm³/mol. The smallest absolute Gasteiger partial charge is 0.167 e. The zero-order valence-electron chi connectivity index (χ0n) is 13.0. The molecule has 1 spiro atoms. The summed E-state index contributed by atoms with van der Waals surface area (Å²) < 4.78 is 0. The number of benzene rings is 1. The van der Waals surface area contributed by atoms with Gasteiger partial charge in [0, 0.05) is 16.9 Å². The molecule has 0 heterocycles. The first kappa shape index (κ1) is 12.1. The van der Waals surface area contributed by atoms with Crippen molar-refractivity contribution in [3.63, 3.8) is 0 Å². The summed E-state index contributed by atoms with van der Waals surface area (Å²) in [5.41, 5.74) is 7.90. The fraction of sp³-hybridized carbons (Fsp3) is 0.571. The zero-order valence-corrected chi connectivity index (χ0v) is 13.0. The van der Waals surface area contributed by atoms with E-state index in [4.69, 9.17) is 0 Å². The molecule has 0 aromatic heterocycles. The Labute approximate surface area is 131 Å². The highest BCUT2D eigenvalue weighted by Crippen LogP contribution is 2.67. The molecule has 0 aliphatic heterocycles. The lowest BCUT2D eigenvalue weighted by atomic mass is 9.58. The van der Waals surface area contributed by atoms with E-state index in [1.165, 1.54) is 49.7 Å². The predicted octanol–water partition coefficient (Wildman–Crippen LogP) is 4.81. The molecule has 0 saturated heterocycles. The van der Waals surface area contributed by atoms with Gasteiger partial charge in [-0.15, -0.1) is 0 Å². The second kappa shape index (κ2) is 3.75. The van der Waals surface area contributed by atoms with Crippen LogP contribution in [0, 0.1) is 17.3 Å². The zero-order chi connectivity index (χ0) is 14.5. The molecule has 1 saturated carbocycles. The first-order chi connectivity index (χ1) is 10.8. The SMILES string of the molecule is O=C1c2cccc3c2CCC1C12CCC(C1)C1=C2CCC3C1. The molecule has 4 atom stereocenters. The van der Waals surface area contributed by atoms with Gasteiger partial charge in [-0.1, -0.05) is 29.3 Å². The fourth-order valence-corrected chi connectivity index (χ4v) is 7.02. The Kier molecular flexibility index (Phi) is 2.06. The summed E-state index contributed by atoms with van der Waals surface area (Å²) in [5, 5.41) is 0. The molecule has 1 fully saturated rings. The van der Waals surface area contributed by atoms with E-state index in [9.17, 15) is 4.79 Å². The standard InChI is InChI=1S/C21H22O/c22-20-16-3-1-2-14-12-4-6-18-17(10-12)13-8-9-21(18,11-13)19(20)7-5-15(14)16/h1-3,12-13,19H,4-11H2. The molecule has 112 valence electrons. The molecule has 0 radical (unpaired) electrons. The van der Waals surface area contributed by atoms with E-state index in [-0.39, 0.29) is 5.41 Å². The van der Waals surface area contributed by atoms with Crippen molar-refractivity contribution in [2.75, 3.05) is 0 Å². The molecule has 9 bridgehead atoms. The quantitative estimate of drug-likeness (QED) is 0.627. The molecule has 1 aromatic carbocycles. The van der Waals surface area contributed by atoms with Crippen LogP contribution in [0.1, 0.15) is 72.3 Å². The van der Waals surface area contributed by atoms with E-state index in [0.717, 1.165) is 24.3 Å². The minimum absolute atomic E-state index is 0.285. The molecule has 0 amide bonds. The van der Waals surface area contributed by atoms with Crippen molar-refractivity contribution in [2.45, 2.75) is 57.3 Å². The monoisotopic (exact) mass is 290 g/mol. The van der Waals surface area contributed by atoms with Crippen LogP contribution in [0.5, 0.6) is 0 Å². The van der Waals surface area contributed by atoms with Crippen LogP contribution in [0.25, 0.3) is 0 Å². The number of carbonyl (C=O) groups is 1. The minimum Gasteiger partial charge on any atom is -0.294 e. The molecule has 9 rings (SSSR count). The summed E-state index contributed by atoms with van der Waals surface area (Å²) in [6.45, 7) is 0. The van der Waals surface area contributed by atoms with Gasteiger partial charge < -0.3 is 0 Å². The molecule has 1 aromatic rings. The molecule has 0 N–H and O–H groups in total. The van der Waals surface area contributed by atoms with Crippen molar-refractivity contribution in [1.82, 2.24) is 0 Å². The molecular formula is C21H22O. The van der Waals surface area contributed by atoms with E-state index in [1.807, 2.05) is 0 Å². The fourth-order valence-electron chi connectivity index (χ4n) is 7.02. The Morgan fingerprint density at radius 2 is 2.00 bits per heavy atom. The second-order valence-electron chi connectivity index (χ2n) is 8.37. The molecule has 1 heteroatoms. The third kappa shape index (κ3) is 1.19. The van der Waals surface area contributed by atoms with Gasteiger partial charge >= 0.3 is 0 Å². The normalized spacial score (nSPS) is 40.7. The van der Waals surface area contributed by atoms with Gasteiger partial charge in [-0.3, -0.25) is 4.79 Å². The van der Waals surface area contributed by atoms with Crippen LogP contribution in [0.2, 0.25) is 0 Å². The average molecular weight is 290 g/mol. The maximum Gasteiger partial charge on any atom is 0.167 e. The number of hydrogen-bond donors (Lipinski definition) is 0. The Bertz CT molecular complexity index is 755. The molecule has 8 aliphatic carbocycles. The highest BCUT2D eigenvalue weighted by Gasteiger charge is 2.58. The van der Waals surface area contributed by atoms with E-state index >= 15 is 0 Å². The van der Waals surface area contributed by atoms with Gasteiger partial charge in [0.05, 0.1) is 0 Å². The number of rotatable bonds is 0. The second-order valence-corrected chi connectivity index (χ2v) is 8.37. The molecule has 4 unspecified atom stereocenters. The largest absolute Gasteiger partial charge is 0.294 e. The van der Waals surface area contributed by atoms with Gasteiger partial charge in [0.25, 0.3) is 0 Å². The summed E-state index contributed by atoms with van der Waals surface area (Å²) in [4.78, 5) is 13.3. The number of hydrogen-bond acceptors (Lipinski definition) is 1. The summed E-state index contributed by atoms with van der Waals surface area (Å²) >= 11 is 0. The number of ketones is 1. The van der Waals surface area contributed by atoms with E-state index in [1.54, 1.807) is 11.1 Å². The summed E-state index contributed by atoms with van der Waals surface area (Å²) in [6, 6.07) is 6.60. The number of Topliss-reactive ketones (excluding diaryl/α,β-unsaturated/α-hetero) is 1. The highest BCUT2D eigenvalue weighted by atomic mass is 16.1. The van der Waals surface area contributed by atoms with E-state index in [0.29, 0.717) is 17.6 Å². The average Bonchev–Trinajstić information content (AvgIpc) is 3.12. The van der Waals surface area contributed by atoms with Crippen molar-refractivity contribution in [3.8, 4) is 0 Å². The van der Waals surface area contributed by atoms with Gasteiger partial charge in [-0.05, 0) is 74.3 Å². The van der Waals surface area contributed by atoms with E-state index < -0.39 is 0 Å². The van der Waals surface area contributed by atoms with Crippen LogP contribution in [-0.2, 0) is 6.42 Å². The maximum atomic E-state index is 13.3. The Morgan fingerprint density at radius 3 is 2.95 bits per heavy atom. The van der Waals surface area contributed by atoms with Crippen LogP contribution < -0.4 is 0 Å². The van der Waals surface area contributed by atoms with Crippen LogP contribution in [-0.4, -0.2) is 5.78 Å². The van der Waals surface area contributed by atoms with Crippen molar-refractivity contribution < 1.29 is 4.79 Å². The van der Waals surface area contributed by atoms with Gasteiger partial charge in [0.2, 0.25) is 0 Å². The van der Waals surface area contributed by atoms with Gasteiger partial charge in [0.15, 0.2) is 5.78 Å². The lowest BCUT2D eigenvalue weighted by molar-refractivity contribution is 0.0764. The van der Waals surface area contributed by atoms with Crippen molar-refractivity contribution in [2.24, 2.45) is 17.3 Å². The number of carbonyl (C=O) groups excluding carboxylic acids is 1. The number of fused-ring (bicyclic) bond motifs is 1. The van der Waals surface area contributed by atoms with Crippen molar-refractivity contribution >= 4 is 5.78 Å². The van der Waals surface area contributed by atoms with Crippen molar-refractivity contribution in [3.05, 3.63) is 46.0 Å². The van der Waals surface area contributed by atoms with Crippen LogP contribution in [0.4, 0.5) is 0 Å². The maximum absolute atomic E-state index is 13.3. The van der Waals surface area contributed by atoms with E-state index in [2.05, 4.69) is 18.2 Å². The van der Waals surface area contributed by atoms with Crippen molar-refractivity contribution in [1.29, 1.82) is 0 Å². The topological polar surface area (TPSA) is 17.1 Å². The van der Waals surface area contributed by atoms with Crippen LogP contribution in [0.3, 0.4) is 0 Å². The summed E-state index contributed by atoms with van der Waals surface area (Å²) in [5.74, 6) is 2.30. The lowest BCUT2D eigenvalue weighted by Gasteiger charge is -2.45. The third-order valence-electron chi connectivity index (χ3n) is 7.82. The summed E-state index contributed by atoms with van der Waals surface area (Å²) in [6.07, 6.45) is 10.1. The Hall–Kier alpha value is -1.37. The lowest BCUT2D eigenvalue weighted by Crippen LogP contribution is -2.40. The first-order valence-electron chi connectivity index (χ1n) is 9.16. The molecule has 8 aliphatic rings. The van der Waals surface area contributed by atoms with Gasteiger partial charge in [-0.2, -0.15) is 0 Å².